The number of ether oxygens (including phenoxy) is 11. The van der Waals surface area contributed by atoms with Gasteiger partial charge in [-0.15, -0.1) is 0 Å². The highest BCUT2D eigenvalue weighted by molar-refractivity contribution is 8.01. The van der Waals surface area contributed by atoms with Crippen molar-refractivity contribution in [3.8, 4) is 0 Å². The van der Waals surface area contributed by atoms with E-state index in [1.165, 1.54) is 0 Å². The van der Waals surface area contributed by atoms with Crippen LogP contribution in [-0.2, 0) is 95.3 Å². The van der Waals surface area contributed by atoms with Crippen molar-refractivity contribution < 1.29 is 105 Å². The number of thioether (sulfide) groups is 1. The van der Waals surface area contributed by atoms with E-state index < -0.39 is 157 Å². The van der Waals surface area contributed by atoms with Gasteiger partial charge in [0.15, 0.2) is 18.3 Å². The van der Waals surface area contributed by atoms with Gasteiger partial charge < -0.3 is 62.5 Å². The molecule has 4 rings (SSSR count). The van der Waals surface area contributed by atoms with Gasteiger partial charge in [-0.1, -0.05) is 29.5 Å². The molecule has 25 heteroatoms. The lowest BCUT2D eigenvalue weighted by Crippen LogP contribution is -2.68. The summed E-state index contributed by atoms with van der Waals surface area (Å²) in [7, 11) is 1.97. The topological polar surface area (TPSA) is 308 Å². The van der Waals surface area contributed by atoms with E-state index in [0.29, 0.717) is 9.80 Å². The number of carbonyl (C=O) groups excluding carboxylic acids is 10. The second-order valence-corrected chi connectivity index (χ2v) is 17.0. The number of benzene rings is 1. The highest BCUT2D eigenvalue weighted by atomic mass is 32.2. The molecule has 1 aromatic rings. The summed E-state index contributed by atoms with van der Waals surface area (Å²) in [5.41, 5.74) is 0.865. The first-order valence-electron chi connectivity index (χ1n) is 20.6. The quantitative estimate of drug-likeness (QED) is 0.148. The minimum absolute atomic E-state index is 0.451. The van der Waals surface area contributed by atoms with Gasteiger partial charge in [0, 0.05) is 59.8 Å². The zero-order valence-corrected chi connectivity index (χ0v) is 39.1. The van der Waals surface area contributed by atoms with Crippen LogP contribution in [0.4, 0.5) is 4.79 Å². The van der Waals surface area contributed by atoms with Gasteiger partial charge in [-0.2, -0.15) is 0 Å². The Labute approximate surface area is 388 Å². The second kappa shape index (κ2) is 22.7. The molecular formula is C42H54N2O22S. The Bertz CT molecular complexity index is 2070. The zero-order valence-electron chi connectivity index (χ0n) is 38.3. The number of carbonyl (C=O) groups is 10. The van der Waals surface area contributed by atoms with Gasteiger partial charge in [0.2, 0.25) is 16.7 Å². The molecule has 0 spiro atoms. The summed E-state index contributed by atoms with van der Waals surface area (Å²) in [4.78, 5) is 128. The van der Waals surface area contributed by atoms with E-state index in [4.69, 9.17) is 52.1 Å². The molecule has 2 N–H and O–H groups in total. The van der Waals surface area contributed by atoms with E-state index in [2.05, 4.69) is 5.32 Å². The maximum atomic E-state index is 14.0. The number of aliphatic hydroxyl groups excluding tert-OH is 1. The molecule has 0 bridgehead atoms. The summed E-state index contributed by atoms with van der Waals surface area (Å²) < 4.78 is 61.9. The van der Waals surface area contributed by atoms with E-state index >= 15 is 0 Å². The van der Waals surface area contributed by atoms with Crippen LogP contribution in [0.1, 0.15) is 66.9 Å². The van der Waals surface area contributed by atoms with Crippen LogP contribution in [0.25, 0.3) is 0 Å². The van der Waals surface area contributed by atoms with E-state index in [1.807, 2.05) is 6.92 Å². The molecule has 370 valence electrons. The predicted octanol–water partition coefficient (Wildman–Crippen LogP) is 0.312. The van der Waals surface area contributed by atoms with Gasteiger partial charge >= 0.3 is 47.9 Å². The number of aryl methyl sites for hydroxylation is 1. The van der Waals surface area contributed by atoms with Crippen LogP contribution in [0.15, 0.2) is 29.2 Å². The van der Waals surface area contributed by atoms with Crippen molar-refractivity contribution in [3.05, 3.63) is 29.8 Å². The van der Waals surface area contributed by atoms with Gasteiger partial charge in [0.25, 0.3) is 5.79 Å². The van der Waals surface area contributed by atoms with Crippen LogP contribution in [-0.4, -0.2) is 169 Å². The van der Waals surface area contributed by atoms with Crippen molar-refractivity contribution in [1.82, 2.24) is 10.2 Å². The molecule has 0 unspecified atom stereocenters. The number of aliphatic hydroxyl groups is 1. The molecule has 3 aliphatic heterocycles. The number of amides is 3. The number of fused-ring (bicyclic) bond motifs is 1. The molecule has 1 aromatic carbocycles. The number of nitrogens with one attached hydrogen (secondary N) is 1. The normalized spacial score (nSPS) is 27.3. The fraction of sp³-hybridized carbons (Fsp3) is 0.619. The van der Waals surface area contributed by atoms with E-state index in [1.54, 1.807) is 24.3 Å². The average Bonchev–Trinajstić information content (AvgIpc) is 3.58. The Morgan fingerprint density at radius 3 is 1.90 bits per heavy atom. The molecule has 3 amide bonds. The number of imide groups is 1. The fourth-order valence-corrected chi connectivity index (χ4v) is 9.10. The van der Waals surface area contributed by atoms with Crippen LogP contribution in [0, 0.1) is 6.92 Å². The van der Waals surface area contributed by atoms with Gasteiger partial charge in [0.05, 0.1) is 33.3 Å². The summed E-state index contributed by atoms with van der Waals surface area (Å²) in [5.74, 6) is -11.6. The SMILES string of the molecule is COC(=O)[C@@]1(OC[C@@H](O)[C@@H](OC(C)=O)[C@@H]2O[C@](Sc3ccc(C)cc3)(C(=O)OC)C[C@H](OC(C)=O)[C@H]2NC(C)=O)C[C@@H]2OC(=O)N(C(C)=O)[C@H]2[C@H]([C@H](OC(C)=O)[C@@H](COC(C)=O)OC(C)=O)O1. The summed E-state index contributed by atoms with van der Waals surface area (Å²) in [6, 6.07) is 3.78. The van der Waals surface area contributed by atoms with Crippen LogP contribution in [0.2, 0.25) is 0 Å². The number of rotatable bonds is 18. The lowest BCUT2D eigenvalue weighted by molar-refractivity contribution is -0.318. The van der Waals surface area contributed by atoms with Crippen molar-refractivity contribution in [2.75, 3.05) is 27.4 Å². The molecule has 3 saturated heterocycles. The van der Waals surface area contributed by atoms with Crippen molar-refractivity contribution in [1.29, 1.82) is 0 Å². The van der Waals surface area contributed by atoms with Gasteiger partial charge in [0.1, 0.15) is 43.2 Å². The van der Waals surface area contributed by atoms with Gasteiger partial charge in [-0.25, -0.2) is 19.3 Å². The largest absolute Gasteiger partial charge is 0.466 e. The third kappa shape index (κ3) is 13.2. The molecule has 0 saturated carbocycles. The lowest BCUT2D eigenvalue weighted by atomic mass is 9.87. The van der Waals surface area contributed by atoms with Crippen molar-refractivity contribution in [2.45, 2.75) is 145 Å². The minimum atomic E-state index is -2.81. The molecule has 3 aliphatic rings. The summed E-state index contributed by atoms with van der Waals surface area (Å²) in [6.45, 7) is 7.00. The maximum absolute atomic E-state index is 14.0. The monoisotopic (exact) mass is 970 g/mol. The van der Waals surface area contributed by atoms with Gasteiger partial charge in [-0.3, -0.25) is 33.6 Å². The average molecular weight is 971 g/mol. The Hall–Kier alpha value is -5.89. The Balaban J connectivity index is 1.87. The fourth-order valence-electron chi connectivity index (χ4n) is 7.88. The highest BCUT2D eigenvalue weighted by Gasteiger charge is 2.65. The van der Waals surface area contributed by atoms with Crippen molar-refractivity contribution in [2.24, 2.45) is 0 Å². The van der Waals surface area contributed by atoms with Crippen LogP contribution in [0.5, 0.6) is 0 Å². The van der Waals surface area contributed by atoms with Crippen molar-refractivity contribution >= 4 is 71.5 Å². The molecule has 12 atom stereocenters. The number of hydrogen-bond donors (Lipinski definition) is 2. The first kappa shape index (κ1) is 53.7. The first-order chi connectivity index (χ1) is 31.4. The standard InChI is InChI=1S/C42H54N2O22S/c1-19-11-13-27(14-12-19)67-42(39(54)57-10)16-29(60-23(5)48)32(43-20(2)45)36(66-42)34(62-25(7)50)28(52)17-59-41(38(53)56-9)15-30-33(44(21(3)46)40(55)64-30)37(65-41)35(63-26(8)51)31(61-24(6)49)18-58-22(4)47/h11-14,28-37,52H,15-18H2,1-10H3,(H,43,45)/t28-,29+,30+,31-,32-,33-,34-,35-,36-,37-,41-,42-/m1/s1. The number of esters is 7. The smallest absolute Gasteiger partial charge is 0.417 e. The minimum Gasteiger partial charge on any atom is -0.466 e. The highest BCUT2D eigenvalue weighted by Crippen LogP contribution is 2.47. The summed E-state index contributed by atoms with van der Waals surface area (Å²) in [6.07, 6.45) is -17.0. The molecule has 24 nitrogen and oxygen atoms in total. The Morgan fingerprint density at radius 2 is 1.37 bits per heavy atom. The predicted molar refractivity (Wildman–Crippen MR) is 220 cm³/mol. The van der Waals surface area contributed by atoms with E-state index in [0.717, 1.165) is 80.0 Å². The molecule has 67 heavy (non-hydrogen) atoms. The number of methoxy groups -OCH3 is 2. The van der Waals surface area contributed by atoms with Gasteiger partial charge in [-0.05, 0) is 19.1 Å². The number of hydrogen-bond acceptors (Lipinski definition) is 23. The van der Waals surface area contributed by atoms with E-state index in [9.17, 15) is 53.1 Å². The molecular weight excluding hydrogens is 917 g/mol. The maximum Gasteiger partial charge on any atom is 0.417 e. The van der Waals surface area contributed by atoms with Crippen LogP contribution < -0.4 is 5.32 Å². The van der Waals surface area contributed by atoms with Crippen molar-refractivity contribution in [3.63, 3.8) is 0 Å². The van der Waals surface area contributed by atoms with Crippen LogP contribution in [0.3, 0.4) is 0 Å². The Kier molecular flexibility index (Phi) is 18.2. The second-order valence-electron chi connectivity index (χ2n) is 15.6. The first-order valence-corrected chi connectivity index (χ1v) is 21.4. The third-order valence-corrected chi connectivity index (χ3v) is 11.7. The van der Waals surface area contributed by atoms with Crippen LogP contribution >= 0.6 is 11.8 Å². The molecule has 0 aliphatic carbocycles. The number of nitrogens with zero attached hydrogens (tertiary/aromatic N) is 1. The molecule has 3 heterocycles. The third-order valence-electron chi connectivity index (χ3n) is 10.4. The summed E-state index contributed by atoms with van der Waals surface area (Å²) in [5, 5.41) is 14.7. The van der Waals surface area contributed by atoms with E-state index in [-0.39, 0.29) is 0 Å². The summed E-state index contributed by atoms with van der Waals surface area (Å²) >= 11 is 0.829. The lowest BCUT2D eigenvalue weighted by Gasteiger charge is -2.49. The Morgan fingerprint density at radius 1 is 0.776 bits per heavy atom. The molecule has 0 aromatic heterocycles. The molecule has 0 radical (unpaired) electrons. The zero-order chi connectivity index (χ0) is 50.1. The molecule has 3 fully saturated rings.